The van der Waals surface area contributed by atoms with Crippen molar-refractivity contribution in [3.05, 3.63) is 59.3 Å². The molecule has 0 bridgehead atoms. The van der Waals surface area contributed by atoms with E-state index >= 15 is 0 Å². The molecule has 0 unspecified atom stereocenters. The predicted octanol–water partition coefficient (Wildman–Crippen LogP) is 3.68. The van der Waals surface area contributed by atoms with Crippen molar-refractivity contribution in [2.24, 2.45) is 0 Å². The largest absolute Gasteiger partial charge is 0.495 e. The number of ether oxygens (including phenoxy) is 1. The van der Waals surface area contributed by atoms with Crippen LogP contribution < -0.4 is 9.64 Å². The van der Waals surface area contributed by atoms with E-state index in [1.54, 1.807) is 7.11 Å². The monoisotopic (exact) mass is 377 g/mol. The number of piperazine rings is 1. The van der Waals surface area contributed by atoms with Crippen LogP contribution in [0.4, 0.5) is 5.69 Å². The Hall–Kier alpha value is -2.95. The number of benzene rings is 2. The molecule has 0 aliphatic carbocycles. The van der Waals surface area contributed by atoms with Crippen molar-refractivity contribution in [3.8, 4) is 5.75 Å². The highest BCUT2D eigenvalue weighted by molar-refractivity contribution is 5.90. The minimum absolute atomic E-state index is 0.199. The summed E-state index contributed by atoms with van der Waals surface area (Å²) in [6, 6.07) is 14.4. The Balaban J connectivity index is 1.45. The fourth-order valence-electron chi connectivity index (χ4n) is 4.07. The SMILES string of the molecule is COc1ccccc1N1CCN(C(=O)Cc2c(C)[nH]c3ccc(C)cc23)CC1. The Morgan fingerprint density at radius 2 is 1.82 bits per heavy atom. The fraction of sp³-hybridized carbons (Fsp3) is 0.348. The number of aromatic nitrogens is 1. The van der Waals surface area contributed by atoms with Crippen LogP contribution in [0.1, 0.15) is 16.8 Å². The summed E-state index contributed by atoms with van der Waals surface area (Å²) in [7, 11) is 1.70. The van der Waals surface area contributed by atoms with Gasteiger partial charge in [-0.1, -0.05) is 23.8 Å². The van der Waals surface area contributed by atoms with Gasteiger partial charge < -0.3 is 19.5 Å². The first-order chi connectivity index (χ1) is 13.6. The van der Waals surface area contributed by atoms with Gasteiger partial charge >= 0.3 is 0 Å². The maximum atomic E-state index is 13.0. The molecule has 1 aliphatic heterocycles. The van der Waals surface area contributed by atoms with E-state index in [9.17, 15) is 4.79 Å². The van der Waals surface area contributed by atoms with E-state index in [2.05, 4.69) is 48.0 Å². The average Bonchev–Trinajstić information content (AvgIpc) is 3.02. The molecule has 1 amide bonds. The minimum atomic E-state index is 0.199. The predicted molar refractivity (Wildman–Crippen MR) is 113 cm³/mol. The van der Waals surface area contributed by atoms with Gasteiger partial charge in [-0.3, -0.25) is 4.79 Å². The molecular formula is C23H27N3O2. The molecule has 2 heterocycles. The van der Waals surface area contributed by atoms with Crippen LogP contribution in [-0.4, -0.2) is 49.1 Å². The van der Waals surface area contributed by atoms with E-state index in [4.69, 9.17) is 4.74 Å². The lowest BCUT2D eigenvalue weighted by Crippen LogP contribution is -2.49. The molecule has 1 N–H and O–H groups in total. The third-order valence-corrected chi connectivity index (χ3v) is 5.66. The summed E-state index contributed by atoms with van der Waals surface area (Å²) in [4.78, 5) is 20.7. The Kier molecular flexibility index (Phi) is 4.99. The summed E-state index contributed by atoms with van der Waals surface area (Å²) in [6.07, 6.45) is 0.448. The van der Waals surface area contributed by atoms with E-state index in [0.717, 1.165) is 54.4 Å². The molecule has 0 atom stereocenters. The number of para-hydroxylation sites is 2. The lowest BCUT2D eigenvalue weighted by Gasteiger charge is -2.36. The number of nitrogens with one attached hydrogen (secondary N) is 1. The van der Waals surface area contributed by atoms with Gasteiger partial charge in [-0.15, -0.1) is 0 Å². The lowest BCUT2D eigenvalue weighted by atomic mass is 10.0. The van der Waals surface area contributed by atoms with Gasteiger partial charge in [0.1, 0.15) is 5.75 Å². The van der Waals surface area contributed by atoms with E-state index in [-0.39, 0.29) is 5.91 Å². The van der Waals surface area contributed by atoms with E-state index in [1.165, 1.54) is 10.9 Å². The molecule has 4 rings (SSSR count). The minimum Gasteiger partial charge on any atom is -0.495 e. The van der Waals surface area contributed by atoms with Crippen LogP contribution >= 0.6 is 0 Å². The number of rotatable bonds is 4. The summed E-state index contributed by atoms with van der Waals surface area (Å²) in [6.45, 7) is 7.24. The van der Waals surface area contributed by atoms with Crippen molar-refractivity contribution in [2.45, 2.75) is 20.3 Å². The van der Waals surface area contributed by atoms with E-state index < -0.39 is 0 Å². The summed E-state index contributed by atoms with van der Waals surface area (Å²) < 4.78 is 5.48. The second kappa shape index (κ2) is 7.58. The van der Waals surface area contributed by atoms with Crippen molar-refractivity contribution >= 4 is 22.5 Å². The molecule has 146 valence electrons. The topological polar surface area (TPSA) is 48.6 Å². The number of hydrogen-bond donors (Lipinski definition) is 1. The van der Waals surface area contributed by atoms with Crippen molar-refractivity contribution in [1.82, 2.24) is 9.88 Å². The molecule has 1 aliphatic rings. The van der Waals surface area contributed by atoms with Crippen LogP contribution in [0.25, 0.3) is 10.9 Å². The number of amides is 1. The number of nitrogens with zero attached hydrogens (tertiary/aromatic N) is 2. The first-order valence-corrected chi connectivity index (χ1v) is 9.80. The molecule has 0 saturated carbocycles. The van der Waals surface area contributed by atoms with Crippen LogP contribution in [0, 0.1) is 13.8 Å². The van der Waals surface area contributed by atoms with Gasteiger partial charge in [0.25, 0.3) is 0 Å². The number of anilines is 1. The lowest BCUT2D eigenvalue weighted by molar-refractivity contribution is -0.130. The number of H-pyrrole nitrogens is 1. The molecule has 28 heavy (non-hydrogen) atoms. The Morgan fingerprint density at radius 1 is 1.07 bits per heavy atom. The van der Waals surface area contributed by atoms with E-state index in [1.807, 2.05) is 23.1 Å². The summed E-state index contributed by atoms with van der Waals surface area (Å²) in [5.74, 6) is 1.08. The normalized spacial score (nSPS) is 14.5. The standard InChI is InChI=1S/C23H27N3O2/c1-16-8-9-20-19(14-16)18(17(2)24-20)15-23(27)26-12-10-25(11-13-26)21-6-4-5-7-22(21)28-3/h4-9,14,24H,10-13,15H2,1-3H3. The highest BCUT2D eigenvalue weighted by atomic mass is 16.5. The smallest absolute Gasteiger partial charge is 0.227 e. The first-order valence-electron chi connectivity index (χ1n) is 9.80. The number of carbonyl (C=O) groups excluding carboxylic acids is 1. The van der Waals surface area contributed by atoms with Crippen LogP contribution in [0.15, 0.2) is 42.5 Å². The van der Waals surface area contributed by atoms with Crippen LogP contribution in [0.2, 0.25) is 0 Å². The number of aromatic amines is 1. The maximum absolute atomic E-state index is 13.0. The molecule has 3 aromatic rings. The van der Waals surface area contributed by atoms with E-state index in [0.29, 0.717) is 6.42 Å². The number of fused-ring (bicyclic) bond motifs is 1. The molecule has 1 saturated heterocycles. The highest BCUT2D eigenvalue weighted by Gasteiger charge is 2.24. The fourth-order valence-corrected chi connectivity index (χ4v) is 4.07. The second-order valence-corrected chi connectivity index (χ2v) is 7.49. The van der Waals surface area contributed by atoms with Gasteiger partial charge in [0.2, 0.25) is 5.91 Å². The Morgan fingerprint density at radius 3 is 2.57 bits per heavy atom. The Labute approximate surface area is 165 Å². The Bertz CT molecular complexity index is 1000. The molecule has 0 spiro atoms. The highest BCUT2D eigenvalue weighted by Crippen LogP contribution is 2.29. The van der Waals surface area contributed by atoms with Crippen molar-refractivity contribution < 1.29 is 9.53 Å². The number of aryl methyl sites for hydroxylation is 2. The average molecular weight is 377 g/mol. The molecule has 5 nitrogen and oxygen atoms in total. The molecule has 2 aromatic carbocycles. The summed E-state index contributed by atoms with van der Waals surface area (Å²) in [5.41, 5.74) is 5.62. The van der Waals surface area contributed by atoms with Gasteiger partial charge in [0.15, 0.2) is 0 Å². The zero-order chi connectivity index (χ0) is 19.7. The van der Waals surface area contributed by atoms with Gasteiger partial charge in [-0.25, -0.2) is 0 Å². The molecular weight excluding hydrogens is 350 g/mol. The molecule has 0 radical (unpaired) electrons. The van der Waals surface area contributed by atoms with Gasteiger partial charge in [-0.2, -0.15) is 0 Å². The van der Waals surface area contributed by atoms with Crippen LogP contribution in [0.3, 0.4) is 0 Å². The number of methoxy groups -OCH3 is 1. The number of hydrogen-bond acceptors (Lipinski definition) is 3. The third-order valence-electron chi connectivity index (χ3n) is 5.66. The van der Waals surface area contributed by atoms with Gasteiger partial charge in [-0.05, 0) is 43.7 Å². The molecule has 5 heteroatoms. The third kappa shape index (κ3) is 3.44. The molecule has 1 aromatic heterocycles. The summed E-state index contributed by atoms with van der Waals surface area (Å²) in [5, 5.41) is 1.17. The maximum Gasteiger partial charge on any atom is 0.227 e. The first kappa shape index (κ1) is 18.4. The molecule has 1 fully saturated rings. The zero-order valence-electron chi connectivity index (χ0n) is 16.8. The summed E-state index contributed by atoms with van der Waals surface area (Å²) >= 11 is 0. The number of carbonyl (C=O) groups is 1. The van der Waals surface area contributed by atoms with Crippen molar-refractivity contribution in [2.75, 3.05) is 38.2 Å². The quantitative estimate of drug-likeness (QED) is 0.754. The van der Waals surface area contributed by atoms with Gasteiger partial charge in [0.05, 0.1) is 19.2 Å². The van der Waals surface area contributed by atoms with Crippen molar-refractivity contribution in [1.29, 1.82) is 0 Å². The zero-order valence-corrected chi connectivity index (χ0v) is 16.8. The van der Waals surface area contributed by atoms with Crippen LogP contribution in [0.5, 0.6) is 5.75 Å². The second-order valence-electron chi connectivity index (χ2n) is 7.49. The van der Waals surface area contributed by atoms with Crippen LogP contribution in [-0.2, 0) is 11.2 Å². The van der Waals surface area contributed by atoms with Gasteiger partial charge in [0, 0.05) is 42.8 Å². The van der Waals surface area contributed by atoms with Crippen molar-refractivity contribution in [3.63, 3.8) is 0 Å².